The Morgan fingerprint density at radius 2 is 2.00 bits per heavy atom. The van der Waals surface area contributed by atoms with Gasteiger partial charge in [-0.25, -0.2) is 13.8 Å². The third-order valence-electron chi connectivity index (χ3n) is 4.96. The van der Waals surface area contributed by atoms with Gasteiger partial charge in [-0.2, -0.15) is 0 Å². The predicted molar refractivity (Wildman–Crippen MR) is 103 cm³/mol. The zero-order valence-corrected chi connectivity index (χ0v) is 16.1. The van der Waals surface area contributed by atoms with Crippen molar-refractivity contribution in [3.8, 4) is 0 Å². The Morgan fingerprint density at radius 1 is 1.21 bits per heavy atom. The summed E-state index contributed by atoms with van der Waals surface area (Å²) in [5.74, 6) is -0.822. The summed E-state index contributed by atoms with van der Waals surface area (Å²) in [6.07, 6.45) is 2.44. The molecule has 1 unspecified atom stereocenters. The van der Waals surface area contributed by atoms with E-state index in [0.717, 1.165) is 0 Å². The number of ketones is 1. The van der Waals surface area contributed by atoms with Gasteiger partial charge in [0.2, 0.25) is 0 Å². The Balaban J connectivity index is 1.89. The Labute approximate surface area is 166 Å². The first-order valence-corrected chi connectivity index (χ1v) is 9.30. The van der Waals surface area contributed by atoms with Gasteiger partial charge < -0.3 is 5.32 Å². The van der Waals surface area contributed by atoms with Crippen LogP contribution in [0, 0.1) is 17.0 Å². The summed E-state index contributed by atoms with van der Waals surface area (Å²) in [7, 11) is 0. The Hall–Kier alpha value is -2.60. The predicted octanol–water partition coefficient (Wildman–Crippen LogP) is 4.75. The van der Waals surface area contributed by atoms with E-state index >= 15 is 0 Å². The molecule has 1 N–H and O–H groups in total. The van der Waals surface area contributed by atoms with Crippen molar-refractivity contribution in [2.45, 2.75) is 32.7 Å². The summed E-state index contributed by atoms with van der Waals surface area (Å²) in [5.41, 5.74) is 1.49. The number of nitrogens with one attached hydrogen (secondary N) is 1. The van der Waals surface area contributed by atoms with Crippen molar-refractivity contribution < 1.29 is 13.6 Å². The summed E-state index contributed by atoms with van der Waals surface area (Å²) in [6, 6.07) is 6.02. The number of allylic oxidation sites excluding steroid dienone is 1. The van der Waals surface area contributed by atoms with Crippen LogP contribution in [0.1, 0.15) is 44.0 Å². The first-order chi connectivity index (χ1) is 13.2. The Bertz CT molecular complexity index is 1050. The molecule has 0 radical (unpaired) electrons. The highest BCUT2D eigenvalue weighted by Crippen LogP contribution is 2.44. The van der Waals surface area contributed by atoms with Crippen LogP contribution in [0.25, 0.3) is 0 Å². The maximum absolute atomic E-state index is 14.3. The maximum Gasteiger partial charge on any atom is 0.163 e. The lowest BCUT2D eigenvalue weighted by Gasteiger charge is -2.37. The minimum Gasteiger partial charge on any atom is -0.342 e. The van der Waals surface area contributed by atoms with Crippen LogP contribution in [-0.2, 0) is 4.79 Å². The number of carbonyl (C=O) groups excluding carboxylic acids is 1. The number of benzene rings is 1. The van der Waals surface area contributed by atoms with Crippen molar-refractivity contribution in [1.82, 2.24) is 10.3 Å². The molecule has 2 aliphatic rings. The molecule has 144 valence electrons. The number of Topliss-reactive ketones (excluding diaryl/α,β-unsaturated/α-hetero) is 1. The van der Waals surface area contributed by atoms with E-state index in [1.165, 1.54) is 36.5 Å². The van der Waals surface area contributed by atoms with E-state index in [0.29, 0.717) is 29.7 Å². The monoisotopic (exact) mass is 401 g/mol. The van der Waals surface area contributed by atoms with Crippen LogP contribution >= 0.6 is 11.6 Å². The molecule has 4 rings (SSSR count). The van der Waals surface area contributed by atoms with Gasteiger partial charge in [0.05, 0.1) is 0 Å². The molecule has 1 aromatic heterocycles. The van der Waals surface area contributed by atoms with Gasteiger partial charge >= 0.3 is 0 Å². The molecule has 1 atom stereocenters. The highest BCUT2D eigenvalue weighted by molar-refractivity contribution is 6.31. The van der Waals surface area contributed by atoms with E-state index in [9.17, 15) is 13.6 Å². The van der Waals surface area contributed by atoms with E-state index in [2.05, 4.69) is 15.3 Å². The van der Waals surface area contributed by atoms with Crippen molar-refractivity contribution >= 4 is 23.2 Å². The van der Waals surface area contributed by atoms with E-state index in [-0.39, 0.29) is 27.8 Å². The van der Waals surface area contributed by atoms with Crippen LogP contribution in [-0.4, -0.2) is 16.6 Å². The van der Waals surface area contributed by atoms with Crippen LogP contribution < -0.4 is 5.32 Å². The largest absolute Gasteiger partial charge is 0.342 e. The van der Waals surface area contributed by atoms with Gasteiger partial charge in [-0.15, -0.1) is 0 Å². The SMILES string of the molecule is CC1(C)CC(=O)C2=C(C1)NC(c1ncccc1F)=NC2c1ccc(F)cc1Cl. The summed E-state index contributed by atoms with van der Waals surface area (Å²) >= 11 is 6.27. The number of rotatable bonds is 2. The van der Waals surface area contributed by atoms with Crippen molar-refractivity contribution in [3.05, 3.63) is 75.7 Å². The number of nitrogens with zero attached hydrogens (tertiary/aromatic N) is 2. The molecular formula is C21H18ClF2N3O. The van der Waals surface area contributed by atoms with Gasteiger partial charge in [0.15, 0.2) is 17.4 Å². The van der Waals surface area contributed by atoms with E-state index < -0.39 is 17.7 Å². The number of aliphatic imine (C=N–C) groups is 1. The van der Waals surface area contributed by atoms with Crippen LogP contribution in [0.5, 0.6) is 0 Å². The molecule has 1 aliphatic heterocycles. The molecule has 28 heavy (non-hydrogen) atoms. The van der Waals surface area contributed by atoms with Gasteiger partial charge in [-0.3, -0.25) is 9.79 Å². The second-order valence-corrected chi connectivity index (χ2v) is 8.25. The molecule has 4 nitrogen and oxygen atoms in total. The van der Waals surface area contributed by atoms with E-state index in [1.807, 2.05) is 13.8 Å². The second kappa shape index (κ2) is 6.78. The van der Waals surface area contributed by atoms with E-state index in [4.69, 9.17) is 11.6 Å². The number of carbonyl (C=O) groups is 1. The smallest absolute Gasteiger partial charge is 0.163 e. The number of hydrogen-bond acceptors (Lipinski definition) is 4. The molecule has 0 amide bonds. The van der Waals surface area contributed by atoms with Gasteiger partial charge in [0.1, 0.15) is 17.6 Å². The van der Waals surface area contributed by atoms with Crippen molar-refractivity contribution in [2.24, 2.45) is 10.4 Å². The van der Waals surface area contributed by atoms with Crippen molar-refractivity contribution in [2.75, 3.05) is 0 Å². The molecule has 2 aromatic rings. The highest BCUT2D eigenvalue weighted by Gasteiger charge is 2.40. The van der Waals surface area contributed by atoms with Gasteiger partial charge in [-0.1, -0.05) is 31.5 Å². The molecular weight excluding hydrogens is 384 g/mol. The number of aromatic nitrogens is 1. The Kier molecular flexibility index (Phi) is 4.54. The highest BCUT2D eigenvalue weighted by atomic mass is 35.5. The molecule has 0 spiro atoms. The molecule has 0 bridgehead atoms. The minimum absolute atomic E-state index is 0.0477. The fraction of sp³-hybridized carbons (Fsp3) is 0.286. The summed E-state index contributed by atoms with van der Waals surface area (Å²) < 4.78 is 27.9. The van der Waals surface area contributed by atoms with Gasteiger partial charge in [0, 0.05) is 34.5 Å². The first kappa shape index (κ1) is 18.7. The molecule has 1 aliphatic carbocycles. The summed E-state index contributed by atoms with van der Waals surface area (Å²) in [6.45, 7) is 4.01. The van der Waals surface area contributed by atoms with Crippen LogP contribution in [0.2, 0.25) is 5.02 Å². The van der Waals surface area contributed by atoms with Gasteiger partial charge in [0.25, 0.3) is 0 Å². The fourth-order valence-corrected chi connectivity index (χ4v) is 4.03. The quantitative estimate of drug-likeness (QED) is 0.790. The minimum atomic E-state index is -0.746. The molecule has 7 heteroatoms. The Morgan fingerprint density at radius 3 is 2.71 bits per heavy atom. The van der Waals surface area contributed by atoms with Crippen LogP contribution in [0.3, 0.4) is 0 Å². The number of pyridine rings is 1. The van der Waals surface area contributed by atoms with Gasteiger partial charge in [-0.05, 0) is 36.1 Å². The third kappa shape index (κ3) is 3.33. The standard InChI is InChI=1S/C21H18ClF2N3O/c1-21(2)9-15-17(16(28)10-21)18(12-6-5-11(23)8-13(12)22)27-20(26-15)19-14(24)4-3-7-25-19/h3-8,18H,9-10H2,1-2H3,(H,26,27). The zero-order valence-electron chi connectivity index (χ0n) is 15.4. The van der Waals surface area contributed by atoms with Crippen molar-refractivity contribution in [3.63, 3.8) is 0 Å². The lowest BCUT2D eigenvalue weighted by atomic mass is 9.73. The van der Waals surface area contributed by atoms with Crippen LogP contribution in [0.15, 0.2) is 52.8 Å². The third-order valence-corrected chi connectivity index (χ3v) is 5.29. The average Bonchev–Trinajstić information content (AvgIpc) is 2.60. The number of halogens is 3. The topological polar surface area (TPSA) is 54.4 Å². The number of amidine groups is 1. The zero-order chi connectivity index (χ0) is 20.1. The molecule has 0 fully saturated rings. The number of hydrogen-bond donors (Lipinski definition) is 1. The lowest BCUT2D eigenvalue weighted by molar-refractivity contribution is -0.118. The normalized spacial score (nSPS) is 21.1. The first-order valence-electron chi connectivity index (χ1n) is 8.92. The lowest BCUT2D eigenvalue weighted by Crippen LogP contribution is -2.40. The molecule has 0 saturated carbocycles. The average molecular weight is 402 g/mol. The summed E-state index contributed by atoms with van der Waals surface area (Å²) in [4.78, 5) is 21.6. The molecule has 2 heterocycles. The summed E-state index contributed by atoms with van der Waals surface area (Å²) in [5, 5.41) is 3.29. The van der Waals surface area contributed by atoms with Crippen molar-refractivity contribution in [1.29, 1.82) is 0 Å². The van der Waals surface area contributed by atoms with Crippen LogP contribution in [0.4, 0.5) is 8.78 Å². The maximum atomic E-state index is 14.3. The fourth-order valence-electron chi connectivity index (χ4n) is 3.76. The molecule has 0 saturated heterocycles. The van der Waals surface area contributed by atoms with E-state index in [1.54, 1.807) is 0 Å². The molecule has 1 aromatic carbocycles. The second-order valence-electron chi connectivity index (χ2n) is 7.84.